The zero-order chi connectivity index (χ0) is 32.9. The van der Waals surface area contributed by atoms with E-state index in [2.05, 4.69) is 18.4 Å². The van der Waals surface area contributed by atoms with Crippen molar-refractivity contribution in [2.75, 3.05) is 19.8 Å². The Bertz CT molecular complexity index is 782. The van der Waals surface area contributed by atoms with Gasteiger partial charge in [0.25, 0.3) is 0 Å². The number of carbonyl (C=O) groups is 3. The van der Waals surface area contributed by atoms with Crippen LogP contribution in [0.4, 0.5) is 0 Å². The van der Waals surface area contributed by atoms with Gasteiger partial charge in [0.2, 0.25) is 0 Å². The summed E-state index contributed by atoms with van der Waals surface area (Å²) < 4.78 is 32.4. The van der Waals surface area contributed by atoms with E-state index in [1.807, 2.05) is 0 Å². The average molecular weight is 652 g/mol. The Morgan fingerprint density at radius 2 is 1.00 bits per heavy atom. The standard InChI is InChI=1S/C32H62NO10P/c1-3-5-7-9-11-13-14-16-18-20-22-24-31(35)43-28(26-41-44(38,39)42-27-29(33)32(36)37)25-40-30(34)23-21-19-17-15-12-10-8-6-4-2/h28-29H,3-27,33H2,1-2H3,(H,36,37)(H,38,39)/t28-,29+/m1/s1. The summed E-state index contributed by atoms with van der Waals surface area (Å²) >= 11 is 0. The lowest BCUT2D eigenvalue weighted by Gasteiger charge is -2.20. The summed E-state index contributed by atoms with van der Waals surface area (Å²) in [5, 5.41) is 8.82. The van der Waals surface area contributed by atoms with Crippen molar-refractivity contribution in [3.8, 4) is 0 Å². The third-order valence-corrected chi connectivity index (χ3v) is 8.31. The maximum Gasteiger partial charge on any atom is 0.472 e. The Hall–Kier alpha value is -1.52. The zero-order valence-corrected chi connectivity index (χ0v) is 28.4. The van der Waals surface area contributed by atoms with Gasteiger partial charge in [-0.3, -0.25) is 23.4 Å². The second kappa shape index (κ2) is 28.9. The van der Waals surface area contributed by atoms with Crippen LogP contribution in [-0.4, -0.2) is 59.9 Å². The minimum atomic E-state index is -4.69. The maximum atomic E-state index is 12.5. The summed E-state index contributed by atoms with van der Waals surface area (Å²) in [6.07, 6.45) is 21.9. The minimum Gasteiger partial charge on any atom is -0.480 e. The molecule has 44 heavy (non-hydrogen) atoms. The second-order valence-electron chi connectivity index (χ2n) is 11.7. The summed E-state index contributed by atoms with van der Waals surface area (Å²) in [5.41, 5.74) is 5.29. The normalized spacial score (nSPS) is 14.1. The molecule has 0 fully saturated rings. The van der Waals surface area contributed by atoms with Gasteiger partial charge < -0.3 is 25.2 Å². The number of esters is 2. The quantitative estimate of drug-likeness (QED) is 0.0371. The highest BCUT2D eigenvalue weighted by Crippen LogP contribution is 2.43. The number of hydrogen-bond donors (Lipinski definition) is 3. The molecule has 0 heterocycles. The Labute approximate surface area is 265 Å². The van der Waals surface area contributed by atoms with E-state index >= 15 is 0 Å². The van der Waals surface area contributed by atoms with E-state index in [1.165, 1.54) is 77.0 Å². The Kier molecular flexibility index (Phi) is 27.9. The highest BCUT2D eigenvalue weighted by Gasteiger charge is 2.28. The first-order chi connectivity index (χ1) is 21.1. The van der Waals surface area contributed by atoms with E-state index in [9.17, 15) is 23.8 Å². The van der Waals surface area contributed by atoms with Gasteiger partial charge in [0.05, 0.1) is 13.2 Å². The highest BCUT2D eigenvalue weighted by atomic mass is 31.2. The fourth-order valence-electron chi connectivity index (χ4n) is 4.59. The van der Waals surface area contributed by atoms with Crippen LogP contribution >= 0.6 is 7.82 Å². The molecule has 0 spiro atoms. The van der Waals surface area contributed by atoms with Crippen molar-refractivity contribution >= 4 is 25.7 Å². The van der Waals surface area contributed by atoms with E-state index in [-0.39, 0.29) is 19.4 Å². The molecular formula is C32H62NO10P. The second-order valence-corrected chi connectivity index (χ2v) is 13.1. The molecule has 0 saturated heterocycles. The fourth-order valence-corrected chi connectivity index (χ4v) is 5.37. The molecule has 0 aliphatic carbocycles. The van der Waals surface area contributed by atoms with Gasteiger partial charge in [-0.15, -0.1) is 0 Å². The summed E-state index contributed by atoms with van der Waals surface area (Å²) in [5.74, 6) is -2.38. The molecule has 4 N–H and O–H groups in total. The van der Waals surface area contributed by atoms with E-state index in [0.717, 1.165) is 38.5 Å². The van der Waals surface area contributed by atoms with Crippen LogP contribution in [-0.2, 0) is 37.5 Å². The van der Waals surface area contributed by atoms with Crippen LogP contribution in [0.3, 0.4) is 0 Å². The van der Waals surface area contributed by atoms with Gasteiger partial charge in [0.15, 0.2) is 6.10 Å². The van der Waals surface area contributed by atoms with Gasteiger partial charge in [0.1, 0.15) is 12.6 Å². The van der Waals surface area contributed by atoms with Crippen molar-refractivity contribution in [3.63, 3.8) is 0 Å². The predicted molar refractivity (Wildman–Crippen MR) is 171 cm³/mol. The van der Waals surface area contributed by atoms with E-state index in [1.54, 1.807) is 0 Å². The van der Waals surface area contributed by atoms with Crippen molar-refractivity contribution < 1.29 is 47.5 Å². The lowest BCUT2D eigenvalue weighted by molar-refractivity contribution is -0.161. The smallest absolute Gasteiger partial charge is 0.472 e. The van der Waals surface area contributed by atoms with Gasteiger partial charge in [-0.2, -0.15) is 0 Å². The fraction of sp³-hybridized carbons (Fsp3) is 0.906. The summed E-state index contributed by atoms with van der Waals surface area (Å²) in [4.78, 5) is 45.4. The summed E-state index contributed by atoms with van der Waals surface area (Å²) in [6.45, 7) is 2.74. The van der Waals surface area contributed by atoms with Crippen LogP contribution in [0.15, 0.2) is 0 Å². The lowest BCUT2D eigenvalue weighted by atomic mass is 10.1. The lowest BCUT2D eigenvalue weighted by Crippen LogP contribution is -2.34. The van der Waals surface area contributed by atoms with Gasteiger partial charge >= 0.3 is 25.7 Å². The van der Waals surface area contributed by atoms with Crippen molar-refractivity contribution in [1.82, 2.24) is 0 Å². The molecule has 11 nitrogen and oxygen atoms in total. The van der Waals surface area contributed by atoms with E-state index < -0.39 is 51.1 Å². The van der Waals surface area contributed by atoms with Crippen LogP contribution in [0.25, 0.3) is 0 Å². The monoisotopic (exact) mass is 651 g/mol. The Morgan fingerprint density at radius 3 is 1.43 bits per heavy atom. The summed E-state index contributed by atoms with van der Waals surface area (Å²) in [7, 11) is -4.69. The Morgan fingerprint density at radius 1 is 0.614 bits per heavy atom. The van der Waals surface area contributed by atoms with Crippen molar-refractivity contribution in [1.29, 1.82) is 0 Å². The number of ether oxygens (including phenoxy) is 2. The maximum absolute atomic E-state index is 12.5. The first-order valence-corrected chi connectivity index (χ1v) is 18.6. The SMILES string of the molecule is CCCCCCCCCCCCCC(=O)O[C@H](COC(=O)CCCCCCCCCCC)COP(=O)(O)OC[C@H](N)C(=O)O. The number of carboxylic acids is 1. The number of nitrogens with two attached hydrogens (primary N) is 1. The zero-order valence-electron chi connectivity index (χ0n) is 27.5. The molecule has 12 heteroatoms. The Balaban J connectivity index is 4.50. The van der Waals surface area contributed by atoms with Crippen molar-refractivity contribution in [2.24, 2.45) is 5.73 Å². The third kappa shape index (κ3) is 28.0. The van der Waals surface area contributed by atoms with Crippen LogP contribution in [0, 0.1) is 0 Å². The molecule has 0 rings (SSSR count). The number of phosphoric acid groups is 1. The van der Waals surface area contributed by atoms with Gasteiger partial charge in [-0.25, -0.2) is 4.57 Å². The first kappa shape index (κ1) is 42.5. The highest BCUT2D eigenvalue weighted by molar-refractivity contribution is 7.47. The van der Waals surface area contributed by atoms with Crippen LogP contribution in [0.1, 0.15) is 155 Å². The molecule has 0 aliphatic rings. The number of carboxylic acid groups (broad SMARTS) is 1. The molecule has 0 radical (unpaired) electrons. The van der Waals surface area contributed by atoms with Gasteiger partial charge in [-0.05, 0) is 12.8 Å². The number of phosphoric ester groups is 1. The van der Waals surface area contributed by atoms with Crippen LogP contribution in [0.5, 0.6) is 0 Å². The van der Waals surface area contributed by atoms with Crippen molar-refractivity contribution in [2.45, 2.75) is 167 Å². The molecule has 260 valence electrons. The molecule has 0 aromatic rings. The molecule has 0 aliphatic heterocycles. The van der Waals surface area contributed by atoms with Crippen LogP contribution in [0.2, 0.25) is 0 Å². The third-order valence-electron chi connectivity index (χ3n) is 7.36. The largest absolute Gasteiger partial charge is 0.480 e. The average Bonchev–Trinajstić information content (AvgIpc) is 2.99. The van der Waals surface area contributed by atoms with E-state index in [4.69, 9.17) is 24.8 Å². The molecular weight excluding hydrogens is 589 g/mol. The molecule has 0 amide bonds. The van der Waals surface area contributed by atoms with E-state index in [0.29, 0.717) is 12.8 Å². The molecule has 0 aromatic heterocycles. The summed E-state index contributed by atoms with van der Waals surface area (Å²) in [6, 6.07) is -1.51. The van der Waals surface area contributed by atoms with Crippen LogP contribution < -0.4 is 5.73 Å². The van der Waals surface area contributed by atoms with Crippen molar-refractivity contribution in [3.05, 3.63) is 0 Å². The molecule has 3 atom stereocenters. The molecule has 0 saturated carbocycles. The topological polar surface area (TPSA) is 172 Å². The first-order valence-electron chi connectivity index (χ1n) is 17.1. The number of carbonyl (C=O) groups excluding carboxylic acids is 2. The van der Waals surface area contributed by atoms with Gasteiger partial charge in [-0.1, -0.05) is 129 Å². The number of rotatable bonds is 32. The number of unbranched alkanes of at least 4 members (excludes halogenated alkanes) is 18. The number of hydrogen-bond acceptors (Lipinski definition) is 9. The predicted octanol–water partition coefficient (Wildman–Crippen LogP) is 7.61. The van der Waals surface area contributed by atoms with Gasteiger partial charge in [0, 0.05) is 12.8 Å². The molecule has 1 unspecified atom stereocenters. The molecule has 0 bridgehead atoms. The molecule has 0 aromatic carbocycles. The minimum absolute atomic E-state index is 0.167. The number of aliphatic carboxylic acids is 1.